The lowest BCUT2D eigenvalue weighted by atomic mass is 9.97. The summed E-state index contributed by atoms with van der Waals surface area (Å²) >= 11 is 1.65. The molecule has 4 nitrogen and oxygen atoms in total. The van der Waals surface area contributed by atoms with Gasteiger partial charge in [-0.05, 0) is 50.3 Å². The number of thiophene rings is 1. The molecule has 4 rings (SSSR count). The first-order chi connectivity index (χ1) is 11.3. The summed E-state index contributed by atoms with van der Waals surface area (Å²) in [5, 5.41) is 0.789. The van der Waals surface area contributed by atoms with Crippen LogP contribution in [0.4, 0.5) is 0 Å². The fourth-order valence-electron chi connectivity index (χ4n) is 3.22. The maximum atomic E-state index is 13.2. The van der Waals surface area contributed by atoms with Gasteiger partial charge >= 0.3 is 6.01 Å². The first kappa shape index (κ1) is 14.5. The lowest BCUT2D eigenvalue weighted by Crippen LogP contribution is -2.22. The smallest absolute Gasteiger partial charge is 0.305 e. The maximum Gasteiger partial charge on any atom is 0.305 e. The van der Waals surface area contributed by atoms with Gasteiger partial charge < -0.3 is 4.74 Å². The van der Waals surface area contributed by atoms with Crippen LogP contribution in [0.2, 0.25) is 0 Å². The van der Waals surface area contributed by atoms with Gasteiger partial charge in [-0.3, -0.25) is 4.79 Å². The van der Waals surface area contributed by atoms with Crippen LogP contribution >= 0.6 is 11.3 Å². The van der Waals surface area contributed by atoms with Crippen molar-refractivity contribution in [3.05, 3.63) is 51.1 Å². The number of fused-ring (bicyclic) bond motifs is 3. The molecule has 0 aliphatic heterocycles. The topological polar surface area (TPSA) is 44.1 Å². The summed E-state index contributed by atoms with van der Waals surface area (Å²) in [6.45, 7) is 2.39. The van der Waals surface area contributed by atoms with Crippen LogP contribution in [0.5, 0.6) is 6.01 Å². The van der Waals surface area contributed by atoms with Crippen molar-refractivity contribution in [2.45, 2.75) is 32.6 Å². The van der Waals surface area contributed by atoms with Gasteiger partial charge in [-0.1, -0.05) is 18.2 Å². The molecular formula is C18H18N2O2S. The molecule has 0 N–H and O–H groups in total. The van der Waals surface area contributed by atoms with Crippen LogP contribution in [0, 0.1) is 0 Å². The number of rotatable bonds is 3. The van der Waals surface area contributed by atoms with Gasteiger partial charge in [-0.15, -0.1) is 11.3 Å². The Kier molecular flexibility index (Phi) is 3.65. The van der Waals surface area contributed by atoms with Crippen LogP contribution in [0.25, 0.3) is 15.9 Å². The zero-order chi connectivity index (χ0) is 15.8. The molecule has 1 aliphatic carbocycles. The van der Waals surface area contributed by atoms with Crippen LogP contribution in [-0.4, -0.2) is 16.2 Å². The predicted molar refractivity (Wildman–Crippen MR) is 93.0 cm³/mol. The van der Waals surface area contributed by atoms with E-state index in [4.69, 9.17) is 4.74 Å². The van der Waals surface area contributed by atoms with Gasteiger partial charge in [0.15, 0.2) is 0 Å². The van der Waals surface area contributed by atoms with Gasteiger partial charge in [-0.25, -0.2) is 4.57 Å². The second-order valence-corrected chi connectivity index (χ2v) is 6.78. The standard InChI is InChI=1S/C18H18N2O2S/c1-2-22-18-19-16-15(13-10-6-7-11-14(13)23-16)17(21)20(18)12-8-4-3-5-9-12/h3-5,8-9H,2,6-7,10-11H2,1H3. The summed E-state index contributed by atoms with van der Waals surface area (Å²) in [5.74, 6) is 0. The van der Waals surface area contributed by atoms with Gasteiger partial charge in [0.25, 0.3) is 5.56 Å². The monoisotopic (exact) mass is 326 g/mol. The third kappa shape index (κ3) is 2.36. The van der Waals surface area contributed by atoms with Gasteiger partial charge in [-0.2, -0.15) is 4.98 Å². The molecule has 0 radical (unpaired) electrons. The molecule has 118 valence electrons. The minimum Gasteiger partial charge on any atom is -0.465 e. The normalized spacial score (nSPS) is 14.0. The summed E-state index contributed by atoms with van der Waals surface area (Å²) < 4.78 is 7.28. The van der Waals surface area contributed by atoms with Crippen molar-refractivity contribution in [2.24, 2.45) is 0 Å². The van der Waals surface area contributed by atoms with Gasteiger partial charge in [0, 0.05) is 4.88 Å². The molecule has 0 bridgehead atoms. The van der Waals surface area contributed by atoms with E-state index < -0.39 is 0 Å². The molecule has 1 aromatic carbocycles. The lowest BCUT2D eigenvalue weighted by molar-refractivity contribution is 0.304. The zero-order valence-corrected chi connectivity index (χ0v) is 13.9. The molecule has 0 amide bonds. The highest BCUT2D eigenvalue weighted by atomic mass is 32.1. The van der Waals surface area contributed by atoms with E-state index >= 15 is 0 Å². The van der Waals surface area contributed by atoms with Gasteiger partial charge in [0.2, 0.25) is 0 Å². The molecule has 5 heteroatoms. The first-order valence-electron chi connectivity index (χ1n) is 8.05. The van der Waals surface area contributed by atoms with Crippen molar-refractivity contribution in [2.75, 3.05) is 6.61 Å². The minimum atomic E-state index is -0.0101. The Morgan fingerprint density at radius 1 is 1.22 bits per heavy atom. The average molecular weight is 326 g/mol. The molecule has 1 aliphatic rings. The number of para-hydroxylation sites is 1. The average Bonchev–Trinajstić information content (AvgIpc) is 2.94. The number of aromatic nitrogens is 2. The molecule has 23 heavy (non-hydrogen) atoms. The lowest BCUT2D eigenvalue weighted by Gasteiger charge is -2.13. The van der Waals surface area contributed by atoms with E-state index in [9.17, 15) is 4.79 Å². The summed E-state index contributed by atoms with van der Waals surface area (Å²) in [4.78, 5) is 20.0. The van der Waals surface area contributed by atoms with Crippen molar-refractivity contribution >= 4 is 21.6 Å². The second-order valence-electron chi connectivity index (χ2n) is 5.69. The van der Waals surface area contributed by atoms with Crippen LogP contribution in [0.1, 0.15) is 30.2 Å². The third-order valence-electron chi connectivity index (χ3n) is 4.25. The van der Waals surface area contributed by atoms with Crippen molar-refractivity contribution in [1.82, 2.24) is 9.55 Å². The molecule has 0 unspecified atom stereocenters. The highest BCUT2D eigenvalue weighted by molar-refractivity contribution is 7.18. The molecule has 0 saturated carbocycles. The molecule has 0 saturated heterocycles. The number of hydrogen-bond donors (Lipinski definition) is 0. The van der Waals surface area contributed by atoms with Crippen molar-refractivity contribution in [3.63, 3.8) is 0 Å². The maximum absolute atomic E-state index is 13.2. The summed E-state index contributed by atoms with van der Waals surface area (Å²) in [5.41, 5.74) is 2.00. The molecule has 0 fully saturated rings. The van der Waals surface area contributed by atoms with E-state index in [-0.39, 0.29) is 5.56 Å². The Bertz CT molecular complexity index is 912. The van der Waals surface area contributed by atoms with Crippen molar-refractivity contribution in [3.8, 4) is 11.7 Å². The summed E-state index contributed by atoms with van der Waals surface area (Å²) in [6, 6.07) is 9.99. The van der Waals surface area contributed by atoms with E-state index in [1.54, 1.807) is 15.9 Å². The number of aryl methyl sites for hydroxylation is 2. The van der Waals surface area contributed by atoms with Gasteiger partial charge in [0.05, 0.1) is 17.7 Å². The van der Waals surface area contributed by atoms with E-state index in [1.165, 1.54) is 16.9 Å². The molecular weight excluding hydrogens is 308 g/mol. The third-order valence-corrected chi connectivity index (χ3v) is 5.43. The fraction of sp³-hybridized carbons (Fsp3) is 0.333. The zero-order valence-electron chi connectivity index (χ0n) is 13.0. The molecule has 3 aromatic rings. The summed E-state index contributed by atoms with van der Waals surface area (Å²) in [6.07, 6.45) is 4.39. The van der Waals surface area contributed by atoms with Crippen LogP contribution in [0.3, 0.4) is 0 Å². The number of ether oxygens (including phenoxy) is 1. The van der Waals surface area contributed by atoms with E-state index in [1.807, 2.05) is 37.3 Å². The molecule has 0 spiro atoms. The Morgan fingerprint density at radius 3 is 2.78 bits per heavy atom. The largest absolute Gasteiger partial charge is 0.465 e. The SMILES string of the molecule is CCOc1nc2sc3c(c2c(=O)n1-c1ccccc1)CCCC3. The van der Waals surface area contributed by atoms with Crippen molar-refractivity contribution in [1.29, 1.82) is 0 Å². The van der Waals surface area contributed by atoms with E-state index in [0.29, 0.717) is 12.6 Å². The highest BCUT2D eigenvalue weighted by Gasteiger charge is 2.23. The number of nitrogens with zero attached hydrogens (tertiary/aromatic N) is 2. The quantitative estimate of drug-likeness (QED) is 0.737. The fourth-order valence-corrected chi connectivity index (χ4v) is 4.46. The van der Waals surface area contributed by atoms with Crippen LogP contribution in [0.15, 0.2) is 35.1 Å². The highest BCUT2D eigenvalue weighted by Crippen LogP contribution is 2.34. The molecule has 0 atom stereocenters. The Morgan fingerprint density at radius 2 is 2.00 bits per heavy atom. The van der Waals surface area contributed by atoms with Crippen LogP contribution in [-0.2, 0) is 12.8 Å². The number of benzene rings is 1. The Labute approximate surface area is 138 Å². The van der Waals surface area contributed by atoms with E-state index in [2.05, 4.69) is 4.98 Å². The Balaban J connectivity index is 2.05. The summed E-state index contributed by atoms with van der Waals surface area (Å²) in [7, 11) is 0. The van der Waals surface area contributed by atoms with Gasteiger partial charge in [0.1, 0.15) is 4.83 Å². The van der Waals surface area contributed by atoms with Crippen LogP contribution < -0.4 is 10.3 Å². The van der Waals surface area contributed by atoms with E-state index in [0.717, 1.165) is 35.2 Å². The molecule has 2 aromatic heterocycles. The first-order valence-corrected chi connectivity index (χ1v) is 8.86. The second kappa shape index (κ2) is 5.81. The minimum absolute atomic E-state index is 0.0101. The predicted octanol–water partition coefficient (Wildman–Crippen LogP) is 3.72. The molecule has 2 heterocycles. The van der Waals surface area contributed by atoms with Crippen molar-refractivity contribution < 1.29 is 4.74 Å². The Hall–Kier alpha value is -2.14. The number of hydrogen-bond acceptors (Lipinski definition) is 4.